The van der Waals surface area contributed by atoms with Gasteiger partial charge in [0.05, 0.1) is 34.4 Å². The Morgan fingerprint density at radius 2 is 2.05 bits per heavy atom. The van der Waals surface area contributed by atoms with Crippen LogP contribution in [0.15, 0.2) is 41.1 Å². The molecule has 0 spiro atoms. The van der Waals surface area contributed by atoms with E-state index in [1.54, 1.807) is 19.1 Å². The van der Waals surface area contributed by atoms with E-state index in [-0.39, 0.29) is 12.6 Å². The zero-order valence-corrected chi connectivity index (χ0v) is 22.3. The predicted octanol–water partition coefficient (Wildman–Crippen LogP) is 4.53. The lowest BCUT2D eigenvalue weighted by molar-refractivity contribution is -0.143. The average Bonchev–Trinajstić information content (AvgIpc) is 3.54. The summed E-state index contributed by atoms with van der Waals surface area (Å²) in [5, 5.41) is 25.7. The molecule has 4 rings (SSSR count). The Hall–Kier alpha value is -3.72. The molecule has 1 atom stereocenters. The number of oxazole rings is 1. The Labute approximate surface area is 224 Å². The molecule has 0 saturated carbocycles. The molecule has 1 unspecified atom stereocenters. The summed E-state index contributed by atoms with van der Waals surface area (Å²) in [7, 11) is 0. The molecule has 11 heteroatoms. The van der Waals surface area contributed by atoms with Crippen LogP contribution in [0.4, 0.5) is 5.00 Å². The number of nitriles is 1. The first kappa shape index (κ1) is 27.3. The van der Waals surface area contributed by atoms with Crippen LogP contribution in [0.25, 0.3) is 10.8 Å². The normalized spacial score (nSPS) is 15.0. The van der Waals surface area contributed by atoms with Crippen LogP contribution in [-0.2, 0) is 14.3 Å². The van der Waals surface area contributed by atoms with E-state index in [0.717, 1.165) is 18.4 Å². The third-order valence-corrected chi connectivity index (χ3v) is 7.60. The van der Waals surface area contributed by atoms with Gasteiger partial charge in [-0.05, 0) is 45.2 Å². The molecule has 1 aromatic carbocycles. The van der Waals surface area contributed by atoms with E-state index in [9.17, 15) is 20.0 Å². The summed E-state index contributed by atoms with van der Waals surface area (Å²) in [6.45, 7) is 6.10. The SMILES string of the molecule is Cc1c(-c2ncco2)sc(NCC(OC2CCOCC2)c2ccccc2C#N)c1C(=O)NC(C)(C)C(=O)O. The molecular weight excluding hydrogens is 508 g/mol. The maximum atomic E-state index is 13.4. The molecule has 3 heterocycles. The van der Waals surface area contributed by atoms with Crippen molar-refractivity contribution in [3.8, 4) is 16.8 Å². The molecule has 1 amide bonds. The van der Waals surface area contributed by atoms with Gasteiger partial charge in [0.15, 0.2) is 0 Å². The van der Waals surface area contributed by atoms with Crippen LogP contribution >= 0.6 is 11.3 Å². The summed E-state index contributed by atoms with van der Waals surface area (Å²) in [5.41, 5.74) is 0.684. The summed E-state index contributed by atoms with van der Waals surface area (Å²) >= 11 is 1.28. The maximum Gasteiger partial charge on any atom is 0.328 e. The average molecular weight is 539 g/mol. The minimum absolute atomic E-state index is 0.0330. The number of carbonyl (C=O) groups excluding carboxylic acids is 1. The lowest BCUT2D eigenvalue weighted by atomic mass is 10.0. The molecule has 3 aromatic rings. The van der Waals surface area contributed by atoms with Gasteiger partial charge in [0.1, 0.15) is 22.9 Å². The van der Waals surface area contributed by atoms with Crippen LogP contribution in [0.1, 0.15) is 59.8 Å². The molecule has 1 aliphatic heterocycles. The summed E-state index contributed by atoms with van der Waals surface area (Å²) in [5.74, 6) is -1.33. The number of ether oxygens (including phenoxy) is 2. The highest BCUT2D eigenvalue weighted by Crippen LogP contribution is 2.40. The summed E-state index contributed by atoms with van der Waals surface area (Å²) in [6.07, 6.45) is 3.95. The molecule has 2 aromatic heterocycles. The number of amides is 1. The smallest absolute Gasteiger partial charge is 0.328 e. The van der Waals surface area contributed by atoms with Gasteiger partial charge in [-0.15, -0.1) is 11.3 Å². The van der Waals surface area contributed by atoms with Crippen molar-refractivity contribution >= 4 is 28.2 Å². The Bertz CT molecular complexity index is 1320. The monoisotopic (exact) mass is 538 g/mol. The number of carbonyl (C=O) groups is 2. The Balaban J connectivity index is 1.67. The molecule has 10 nitrogen and oxygen atoms in total. The highest BCUT2D eigenvalue weighted by atomic mass is 32.1. The Morgan fingerprint density at radius 1 is 1.32 bits per heavy atom. The molecule has 38 heavy (non-hydrogen) atoms. The van der Waals surface area contributed by atoms with E-state index < -0.39 is 23.5 Å². The number of aliphatic carboxylic acids is 1. The number of hydrogen-bond donors (Lipinski definition) is 3. The van der Waals surface area contributed by atoms with Crippen molar-refractivity contribution in [2.24, 2.45) is 0 Å². The summed E-state index contributed by atoms with van der Waals surface area (Å²) in [6, 6.07) is 9.52. The van der Waals surface area contributed by atoms with E-state index in [1.807, 2.05) is 12.1 Å². The van der Waals surface area contributed by atoms with E-state index >= 15 is 0 Å². The fourth-order valence-corrected chi connectivity index (χ4v) is 5.34. The number of hydrogen-bond acceptors (Lipinski definition) is 9. The second-order valence-electron chi connectivity index (χ2n) is 9.50. The molecular formula is C27H30N4O6S. The van der Waals surface area contributed by atoms with Crippen LogP contribution in [0.3, 0.4) is 0 Å². The van der Waals surface area contributed by atoms with Gasteiger partial charge >= 0.3 is 5.97 Å². The van der Waals surface area contributed by atoms with Crippen LogP contribution in [0.5, 0.6) is 0 Å². The molecule has 1 aliphatic rings. The number of carboxylic acid groups (broad SMARTS) is 1. The number of aromatic nitrogens is 1. The highest BCUT2D eigenvalue weighted by Gasteiger charge is 2.33. The van der Waals surface area contributed by atoms with Gasteiger partial charge in [-0.2, -0.15) is 5.26 Å². The van der Waals surface area contributed by atoms with Gasteiger partial charge in [-0.3, -0.25) is 4.79 Å². The molecule has 0 radical (unpaired) electrons. The number of carboxylic acids is 1. The van der Waals surface area contributed by atoms with Gasteiger partial charge in [0.25, 0.3) is 5.91 Å². The topological polar surface area (TPSA) is 147 Å². The molecule has 0 aliphatic carbocycles. The van der Waals surface area contributed by atoms with Crippen LogP contribution < -0.4 is 10.6 Å². The van der Waals surface area contributed by atoms with Crippen molar-refractivity contribution in [3.05, 3.63) is 59.0 Å². The minimum Gasteiger partial charge on any atom is -0.480 e. The van der Waals surface area contributed by atoms with Gasteiger partial charge in [-0.1, -0.05) is 18.2 Å². The number of nitrogens with zero attached hydrogens (tertiary/aromatic N) is 2. The fourth-order valence-electron chi connectivity index (χ4n) is 4.19. The Morgan fingerprint density at radius 3 is 2.71 bits per heavy atom. The largest absolute Gasteiger partial charge is 0.480 e. The van der Waals surface area contributed by atoms with Crippen molar-refractivity contribution in [2.75, 3.05) is 25.1 Å². The zero-order valence-electron chi connectivity index (χ0n) is 21.4. The second kappa shape index (κ2) is 11.8. The van der Waals surface area contributed by atoms with Crippen molar-refractivity contribution in [1.82, 2.24) is 10.3 Å². The summed E-state index contributed by atoms with van der Waals surface area (Å²) < 4.78 is 17.4. The van der Waals surface area contributed by atoms with Crippen LogP contribution in [-0.4, -0.2) is 53.4 Å². The van der Waals surface area contributed by atoms with Gasteiger partial charge < -0.3 is 29.6 Å². The van der Waals surface area contributed by atoms with Crippen molar-refractivity contribution in [1.29, 1.82) is 5.26 Å². The lowest BCUT2D eigenvalue weighted by Gasteiger charge is -2.29. The molecule has 1 fully saturated rings. The zero-order chi connectivity index (χ0) is 27.3. The van der Waals surface area contributed by atoms with Gasteiger partial charge in [0.2, 0.25) is 5.89 Å². The van der Waals surface area contributed by atoms with Gasteiger partial charge in [0, 0.05) is 25.3 Å². The first-order chi connectivity index (χ1) is 18.2. The standard InChI is InChI=1S/C27H30N4O6S/c1-16-21(23(32)31-27(2,3)26(33)34)25(38-22(16)24-29-10-13-36-24)30-15-20(37-18-8-11-35-12-9-18)19-7-5-4-6-17(19)14-28/h4-7,10,13,18,20,30H,8-9,11-12,15H2,1-3H3,(H,31,32)(H,33,34). The first-order valence-corrected chi connectivity index (χ1v) is 13.1. The quantitative estimate of drug-likeness (QED) is 0.339. The van der Waals surface area contributed by atoms with E-state index in [1.165, 1.54) is 37.6 Å². The number of thiophene rings is 1. The number of nitrogens with one attached hydrogen (secondary N) is 2. The summed E-state index contributed by atoms with van der Waals surface area (Å²) in [4.78, 5) is 29.9. The maximum absolute atomic E-state index is 13.4. The third kappa shape index (κ3) is 6.05. The third-order valence-electron chi connectivity index (χ3n) is 6.36. The van der Waals surface area contributed by atoms with Crippen molar-refractivity contribution in [2.45, 2.75) is 51.4 Å². The first-order valence-electron chi connectivity index (χ1n) is 12.3. The molecule has 0 bridgehead atoms. The van der Waals surface area contributed by atoms with Crippen LogP contribution in [0, 0.1) is 18.3 Å². The van der Waals surface area contributed by atoms with E-state index in [4.69, 9.17) is 13.9 Å². The van der Waals surface area contributed by atoms with E-state index in [2.05, 4.69) is 21.7 Å². The van der Waals surface area contributed by atoms with Crippen LogP contribution in [0.2, 0.25) is 0 Å². The predicted molar refractivity (Wildman–Crippen MR) is 141 cm³/mol. The Kier molecular flexibility index (Phi) is 8.46. The number of anilines is 1. The van der Waals surface area contributed by atoms with E-state index in [0.29, 0.717) is 45.7 Å². The molecule has 3 N–H and O–H groups in total. The molecule has 200 valence electrons. The van der Waals surface area contributed by atoms with Crippen molar-refractivity contribution < 1.29 is 28.6 Å². The molecule has 1 saturated heterocycles. The van der Waals surface area contributed by atoms with Crippen molar-refractivity contribution in [3.63, 3.8) is 0 Å². The lowest BCUT2D eigenvalue weighted by Crippen LogP contribution is -2.49. The number of rotatable bonds is 10. The highest BCUT2D eigenvalue weighted by molar-refractivity contribution is 7.20. The number of benzene rings is 1. The van der Waals surface area contributed by atoms with Gasteiger partial charge in [-0.25, -0.2) is 9.78 Å². The minimum atomic E-state index is -1.48. The second-order valence-corrected chi connectivity index (χ2v) is 10.5. The fraction of sp³-hybridized carbons (Fsp3) is 0.407.